The number of hydrogen-bond acceptors (Lipinski definition) is 2. The van der Waals surface area contributed by atoms with Gasteiger partial charge in [-0.25, -0.2) is 10.2 Å². The Hall–Kier alpha value is -1.84. The minimum absolute atomic E-state index is 0.310. The van der Waals surface area contributed by atoms with Gasteiger partial charge in [0.05, 0.1) is 0 Å². The number of amides is 2. The van der Waals surface area contributed by atoms with Gasteiger partial charge >= 0.3 is 6.03 Å². The van der Waals surface area contributed by atoms with E-state index in [4.69, 9.17) is 0 Å². The van der Waals surface area contributed by atoms with Crippen molar-refractivity contribution in [3.63, 3.8) is 0 Å². The summed E-state index contributed by atoms with van der Waals surface area (Å²) in [7, 11) is 0. The van der Waals surface area contributed by atoms with Crippen molar-refractivity contribution in [2.75, 3.05) is 5.32 Å². The zero-order valence-corrected chi connectivity index (χ0v) is 10.8. The predicted molar refractivity (Wildman–Crippen MR) is 71.5 cm³/mol. The molecule has 0 saturated carbocycles. The highest BCUT2D eigenvalue weighted by Crippen LogP contribution is 2.18. The summed E-state index contributed by atoms with van der Waals surface area (Å²) < 4.78 is 0. The first-order valence-corrected chi connectivity index (χ1v) is 5.71. The standard InChI is InChI=1S/C13H19N3O/c1-5-11(4)15-16-13(17)14-12-9(2)7-6-8-10(12)3/h6-8H,5H2,1-4H3,(H2,14,16,17)/b15-11-. The summed E-state index contributed by atoms with van der Waals surface area (Å²) in [5.74, 6) is 0. The van der Waals surface area contributed by atoms with Crippen molar-refractivity contribution in [2.24, 2.45) is 5.10 Å². The van der Waals surface area contributed by atoms with E-state index in [0.29, 0.717) is 0 Å². The quantitative estimate of drug-likeness (QED) is 0.611. The Morgan fingerprint density at radius 3 is 2.41 bits per heavy atom. The van der Waals surface area contributed by atoms with Crippen LogP contribution in [0.4, 0.5) is 10.5 Å². The fourth-order valence-electron chi connectivity index (χ4n) is 1.38. The molecule has 0 fully saturated rings. The molecule has 0 radical (unpaired) electrons. The van der Waals surface area contributed by atoms with E-state index >= 15 is 0 Å². The van der Waals surface area contributed by atoms with Crippen LogP contribution in [-0.2, 0) is 0 Å². The lowest BCUT2D eigenvalue weighted by Gasteiger charge is -2.10. The van der Waals surface area contributed by atoms with Crippen LogP contribution in [0.3, 0.4) is 0 Å². The van der Waals surface area contributed by atoms with Crippen LogP contribution >= 0.6 is 0 Å². The van der Waals surface area contributed by atoms with Gasteiger partial charge in [-0.05, 0) is 38.3 Å². The smallest absolute Gasteiger partial charge is 0.306 e. The molecule has 4 nitrogen and oxygen atoms in total. The van der Waals surface area contributed by atoms with Gasteiger partial charge in [0.2, 0.25) is 0 Å². The number of nitrogens with one attached hydrogen (secondary N) is 2. The summed E-state index contributed by atoms with van der Waals surface area (Å²) in [5, 5.41) is 6.75. The van der Waals surface area contributed by atoms with Crippen molar-refractivity contribution in [3.05, 3.63) is 29.3 Å². The summed E-state index contributed by atoms with van der Waals surface area (Å²) in [6.07, 6.45) is 0.823. The lowest BCUT2D eigenvalue weighted by molar-refractivity contribution is 0.252. The van der Waals surface area contributed by atoms with Crippen LogP contribution < -0.4 is 10.7 Å². The Morgan fingerprint density at radius 2 is 1.88 bits per heavy atom. The van der Waals surface area contributed by atoms with Crippen LogP contribution in [0, 0.1) is 13.8 Å². The molecule has 0 atom stereocenters. The molecule has 17 heavy (non-hydrogen) atoms. The van der Waals surface area contributed by atoms with Crippen molar-refractivity contribution in [1.29, 1.82) is 0 Å². The summed E-state index contributed by atoms with van der Waals surface area (Å²) in [6.45, 7) is 7.79. The number of aryl methyl sites for hydroxylation is 2. The molecule has 0 aromatic heterocycles. The molecule has 2 amide bonds. The number of hydrogen-bond donors (Lipinski definition) is 2. The summed E-state index contributed by atoms with van der Waals surface area (Å²) in [4.78, 5) is 11.6. The van der Waals surface area contributed by atoms with Crippen LogP contribution in [0.15, 0.2) is 23.3 Å². The van der Waals surface area contributed by atoms with Gasteiger partial charge in [0.25, 0.3) is 0 Å². The van der Waals surface area contributed by atoms with Crippen LogP contribution in [0.25, 0.3) is 0 Å². The highest BCUT2D eigenvalue weighted by atomic mass is 16.2. The second kappa shape index (κ2) is 6.03. The lowest BCUT2D eigenvalue weighted by atomic mass is 10.1. The van der Waals surface area contributed by atoms with E-state index in [1.54, 1.807) is 0 Å². The maximum absolute atomic E-state index is 11.6. The number of anilines is 1. The molecule has 1 aromatic carbocycles. The molecule has 1 aromatic rings. The summed E-state index contributed by atoms with van der Waals surface area (Å²) in [6, 6.07) is 5.58. The molecule has 0 aliphatic heterocycles. The van der Waals surface area contributed by atoms with Gasteiger partial charge in [0, 0.05) is 11.4 Å². The van der Waals surface area contributed by atoms with Crippen molar-refractivity contribution in [2.45, 2.75) is 34.1 Å². The molecular weight excluding hydrogens is 214 g/mol. The van der Waals surface area contributed by atoms with E-state index in [1.807, 2.05) is 45.9 Å². The molecule has 0 aliphatic carbocycles. The fraction of sp³-hybridized carbons (Fsp3) is 0.385. The van der Waals surface area contributed by atoms with E-state index in [0.717, 1.165) is 28.9 Å². The first kappa shape index (κ1) is 13.2. The minimum Gasteiger partial charge on any atom is -0.306 e. The molecule has 0 aliphatic rings. The third kappa shape index (κ3) is 3.90. The number of nitrogens with zero attached hydrogens (tertiary/aromatic N) is 1. The van der Waals surface area contributed by atoms with E-state index in [1.165, 1.54) is 0 Å². The van der Waals surface area contributed by atoms with E-state index in [-0.39, 0.29) is 6.03 Å². The highest BCUT2D eigenvalue weighted by Gasteiger charge is 2.05. The third-order valence-electron chi connectivity index (χ3n) is 2.58. The first-order valence-electron chi connectivity index (χ1n) is 5.71. The van der Waals surface area contributed by atoms with Crippen LogP contribution in [0.2, 0.25) is 0 Å². The molecule has 1 rings (SSSR count). The third-order valence-corrected chi connectivity index (χ3v) is 2.58. The normalized spacial score (nSPS) is 11.2. The Kier molecular flexibility index (Phi) is 4.69. The number of carbonyl (C=O) groups is 1. The number of carbonyl (C=O) groups excluding carboxylic acids is 1. The summed E-state index contributed by atoms with van der Waals surface area (Å²) >= 11 is 0. The predicted octanol–water partition coefficient (Wildman–Crippen LogP) is 3.21. The second-order valence-electron chi connectivity index (χ2n) is 4.03. The molecule has 0 spiro atoms. The van der Waals surface area contributed by atoms with Crippen molar-refractivity contribution in [3.8, 4) is 0 Å². The zero-order chi connectivity index (χ0) is 12.8. The molecule has 92 valence electrons. The fourth-order valence-corrected chi connectivity index (χ4v) is 1.38. The van der Waals surface area contributed by atoms with E-state index in [2.05, 4.69) is 15.8 Å². The molecule has 4 heteroatoms. The maximum Gasteiger partial charge on any atom is 0.339 e. The van der Waals surface area contributed by atoms with Gasteiger partial charge < -0.3 is 5.32 Å². The number of rotatable bonds is 3. The lowest BCUT2D eigenvalue weighted by Crippen LogP contribution is -2.25. The largest absolute Gasteiger partial charge is 0.339 e. The summed E-state index contributed by atoms with van der Waals surface area (Å²) in [5.41, 5.74) is 6.28. The Bertz CT molecular complexity index is 418. The molecule has 0 heterocycles. The van der Waals surface area contributed by atoms with Gasteiger partial charge in [-0.1, -0.05) is 25.1 Å². The molecule has 0 bridgehead atoms. The second-order valence-corrected chi connectivity index (χ2v) is 4.03. The zero-order valence-electron chi connectivity index (χ0n) is 10.8. The van der Waals surface area contributed by atoms with Gasteiger partial charge in [0.1, 0.15) is 0 Å². The first-order chi connectivity index (χ1) is 8.04. The highest BCUT2D eigenvalue weighted by molar-refractivity contribution is 5.92. The van der Waals surface area contributed by atoms with Crippen molar-refractivity contribution in [1.82, 2.24) is 5.43 Å². The monoisotopic (exact) mass is 233 g/mol. The number of hydrazone groups is 1. The van der Waals surface area contributed by atoms with Gasteiger partial charge in [-0.15, -0.1) is 0 Å². The van der Waals surface area contributed by atoms with Crippen LogP contribution in [0.1, 0.15) is 31.4 Å². The van der Waals surface area contributed by atoms with E-state index < -0.39 is 0 Å². The number of urea groups is 1. The molecule has 0 saturated heterocycles. The average molecular weight is 233 g/mol. The number of benzene rings is 1. The van der Waals surface area contributed by atoms with Gasteiger partial charge in [0.15, 0.2) is 0 Å². The SMILES string of the molecule is CC/C(C)=N\NC(=O)Nc1c(C)cccc1C. The Balaban J connectivity index is 2.69. The Morgan fingerprint density at radius 1 is 1.29 bits per heavy atom. The Labute approximate surface area is 102 Å². The van der Waals surface area contributed by atoms with Gasteiger partial charge in [-0.3, -0.25) is 0 Å². The van der Waals surface area contributed by atoms with Crippen LogP contribution in [0.5, 0.6) is 0 Å². The topological polar surface area (TPSA) is 53.5 Å². The van der Waals surface area contributed by atoms with Crippen LogP contribution in [-0.4, -0.2) is 11.7 Å². The number of para-hydroxylation sites is 1. The van der Waals surface area contributed by atoms with Crippen molar-refractivity contribution >= 4 is 17.4 Å². The van der Waals surface area contributed by atoms with Gasteiger partial charge in [-0.2, -0.15) is 5.10 Å². The molecule has 2 N–H and O–H groups in total. The van der Waals surface area contributed by atoms with E-state index in [9.17, 15) is 4.79 Å². The molecule has 0 unspecified atom stereocenters. The molecular formula is C13H19N3O. The van der Waals surface area contributed by atoms with Crippen molar-refractivity contribution < 1.29 is 4.79 Å². The average Bonchev–Trinajstić information content (AvgIpc) is 2.31. The minimum atomic E-state index is -0.310. The maximum atomic E-state index is 11.6.